The molecule has 0 aliphatic rings. The molecule has 4 heteroatoms. The Kier molecular flexibility index (Phi) is 6.40. The molecular weight excluding hydrogens is 214 g/mol. The van der Waals surface area contributed by atoms with E-state index in [0.717, 1.165) is 25.7 Å². The molecule has 2 N–H and O–H groups in total. The summed E-state index contributed by atoms with van der Waals surface area (Å²) in [7, 11) is 0. The topological polar surface area (TPSA) is 68.9 Å². The van der Waals surface area contributed by atoms with Gasteiger partial charge in [-0.2, -0.15) is 0 Å². The van der Waals surface area contributed by atoms with Gasteiger partial charge in [-0.25, -0.2) is 4.98 Å². The molecule has 4 nitrogen and oxygen atoms in total. The lowest BCUT2D eigenvalue weighted by Crippen LogP contribution is -2.11. The molecule has 0 radical (unpaired) electrons. The van der Waals surface area contributed by atoms with Gasteiger partial charge in [-0.3, -0.25) is 9.78 Å². The second-order valence-electron chi connectivity index (χ2n) is 4.28. The molecule has 17 heavy (non-hydrogen) atoms. The first-order chi connectivity index (χ1) is 8.27. The molecule has 0 aliphatic heterocycles. The van der Waals surface area contributed by atoms with Crippen LogP contribution in [0.3, 0.4) is 0 Å². The smallest absolute Gasteiger partial charge is 0.182 e. The number of carbonyl (C=O) groups is 1. The highest BCUT2D eigenvalue weighted by Gasteiger charge is 2.12. The van der Waals surface area contributed by atoms with E-state index >= 15 is 0 Å². The Labute approximate surface area is 103 Å². The third kappa shape index (κ3) is 5.04. The lowest BCUT2D eigenvalue weighted by Gasteiger charge is -2.13. The summed E-state index contributed by atoms with van der Waals surface area (Å²) >= 11 is 0. The van der Waals surface area contributed by atoms with E-state index in [1.807, 2.05) is 0 Å². The van der Waals surface area contributed by atoms with E-state index in [0.29, 0.717) is 24.6 Å². The number of hydrogen-bond acceptors (Lipinski definition) is 4. The van der Waals surface area contributed by atoms with Crippen LogP contribution in [0, 0.1) is 5.92 Å². The summed E-state index contributed by atoms with van der Waals surface area (Å²) in [6.07, 6.45) is 9.39. The molecule has 0 saturated carbocycles. The van der Waals surface area contributed by atoms with Crippen LogP contribution in [0.2, 0.25) is 0 Å². The lowest BCUT2D eigenvalue weighted by atomic mass is 9.93. The zero-order chi connectivity index (χ0) is 12.5. The van der Waals surface area contributed by atoms with E-state index in [4.69, 9.17) is 5.73 Å². The number of Topliss-reactive ketones (excluding diaryl/α,β-unsaturated/α-hetero) is 1. The molecule has 0 saturated heterocycles. The van der Waals surface area contributed by atoms with Crippen molar-refractivity contribution in [2.24, 2.45) is 11.7 Å². The lowest BCUT2D eigenvalue weighted by molar-refractivity contribution is 0.0967. The predicted molar refractivity (Wildman–Crippen MR) is 67.7 cm³/mol. The predicted octanol–water partition coefficient (Wildman–Crippen LogP) is 2.20. The number of nitrogens with zero attached hydrogens (tertiary/aromatic N) is 2. The van der Waals surface area contributed by atoms with E-state index in [1.54, 1.807) is 12.4 Å². The molecule has 0 amide bonds. The summed E-state index contributed by atoms with van der Waals surface area (Å²) in [6, 6.07) is 0. The van der Waals surface area contributed by atoms with Gasteiger partial charge in [0, 0.05) is 18.8 Å². The van der Waals surface area contributed by atoms with Gasteiger partial charge in [-0.15, -0.1) is 0 Å². The van der Waals surface area contributed by atoms with Gasteiger partial charge in [0.2, 0.25) is 0 Å². The standard InChI is InChI=1S/C13H21N3O/c1-2-3-11(6-7-14)4-5-13(17)12-10-15-8-9-16-12/h8-11H,2-7,14H2,1H3. The van der Waals surface area contributed by atoms with Gasteiger partial charge in [0.1, 0.15) is 5.69 Å². The van der Waals surface area contributed by atoms with Crippen LogP contribution < -0.4 is 5.73 Å². The Bertz CT molecular complexity index is 321. The number of carbonyl (C=O) groups excluding carboxylic acids is 1. The van der Waals surface area contributed by atoms with Crippen molar-refractivity contribution in [2.75, 3.05) is 6.54 Å². The number of rotatable bonds is 8. The zero-order valence-electron chi connectivity index (χ0n) is 10.4. The molecule has 1 atom stereocenters. The van der Waals surface area contributed by atoms with Gasteiger partial charge in [0.05, 0.1) is 6.20 Å². The second kappa shape index (κ2) is 7.90. The van der Waals surface area contributed by atoms with Crippen LogP contribution in [-0.4, -0.2) is 22.3 Å². The largest absolute Gasteiger partial charge is 0.330 e. The van der Waals surface area contributed by atoms with Crippen LogP contribution in [0.1, 0.15) is 49.5 Å². The van der Waals surface area contributed by atoms with E-state index < -0.39 is 0 Å². The maximum Gasteiger partial charge on any atom is 0.182 e. The van der Waals surface area contributed by atoms with Crippen LogP contribution in [0.15, 0.2) is 18.6 Å². The number of hydrogen-bond donors (Lipinski definition) is 1. The fourth-order valence-electron chi connectivity index (χ4n) is 1.98. The SMILES string of the molecule is CCCC(CCN)CCC(=O)c1cnccn1. The summed E-state index contributed by atoms with van der Waals surface area (Å²) in [5, 5.41) is 0. The monoisotopic (exact) mass is 235 g/mol. The highest BCUT2D eigenvalue weighted by atomic mass is 16.1. The highest BCUT2D eigenvalue weighted by Crippen LogP contribution is 2.18. The fraction of sp³-hybridized carbons (Fsp3) is 0.615. The van der Waals surface area contributed by atoms with Crippen molar-refractivity contribution in [3.8, 4) is 0 Å². The molecule has 0 aliphatic carbocycles. The van der Waals surface area contributed by atoms with Crippen molar-refractivity contribution in [1.29, 1.82) is 0 Å². The third-order valence-electron chi connectivity index (χ3n) is 2.90. The fourth-order valence-corrected chi connectivity index (χ4v) is 1.98. The molecule has 1 rings (SSSR count). The first-order valence-electron chi connectivity index (χ1n) is 6.27. The molecule has 0 aromatic carbocycles. The quantitative estimate of drug-likeness (QED) is 0.701. The molecular formula is C13H21N3O. The van der Waals surface area contributed by atoms with Crippen LogP contribution in [0.4, 0.5) is 0 Å². The van der Waals surface area contributed by atoms with Crippen LogP contribution in [0.5, 0.6) is 0 Å². The van der Waals surface area contributed by atoms with Gasteiger partial charge in [0.15, 0.2) is 5.78 Å². The molecule has 1 unspecified atom stereocenters. The minimum atomic E-state index is 0.0798. The summed E-state index contributed by atoms with van der Waals surface area (Å²) < 4.78 is 0. The first-order valence-corrected chi connectivity index (χ1v) is 6.27. The molecule has 0 bridgehead atoms. The maximum atomic E-state index is 11.8. The maximum absolute atomic E-state index is 11.8. The van der Waals surface area contributed by atoms with Crippen LogP contribution >= 0.6 is 0 Å². The van der Waals surface area contributed by atoms with Gasteiger partial charge in [-0.05, 0) is 25.3 Å². The van der Waals surface area contributed by atoms with Crippen molar-refractivity contribution in [3.05, 3.63) is 24.3 Å². The highest BCUT2D eigenvalue weighted by molar-refractivity contribution is 5.93. The Balaban J connectivity index is 2.41. The van der Waals surface area contributed by atoms with E-state index in [-0.39, 0.29) is 5.78 Å². The van der Waals surface area contributed by atoms with Crippen LogP contribution in [0.25, 0.3) is 0 Å². The minimum Gasteiger partial charge on any atom is -0.330 e. The van der Waals surface area contributed by atoms with Gasteiger partial charge < -0.3 is 5.73 Å². The minimum absolute atomic E-state index is 0.0798. The summed E-state index contributed by atoms with van der Waals surface area (Å²) in [5.41, 5.74) is 6.04. The zero-order valence-corrected chi connectivity index (χ0v) is 10.4. The van der Waals surface area contributed by atoms with Crippen LogP contribution in [-0.2, 0) is 0 Å². The average Bonchev–Trinajstić information content (AvgIpc) is 2.37. The molecule has 94 valence electrons. The second-order valence-corrected chi connectivity index (χ2v) is 4.28. The molecule has 1 aromatic rings. The molecule has 0 spiro atoms. The normalized spacial score (nSPS) is 12.4. The van der Waals surface area contributed by atoms with Crippen molar-refractivity contribution < 1.29 is 4.79 Å². The summed E-state index contributed by atoms with van der Waals surface area (Å²) in [6.45, 7) is 2.86. The third-order valence-corrected chi connectivity index (χ3v) is 2.90. The molecule has 1 aromatic heterocycles. The number of ketones is 1. The Hall–Kier alpha value is -1.29. The Morgan fingerprint density at radius 3 is 2.76 bits per heavy atom. The van der Waals surface area contributed by atoms with E-state index in [1.165, 1.54) is 6.20 Å². The Morgan fingerprint density at radius 1 is 1.35 bits per heavy atom. The van der Waals surface area contributed by atoms with Crippen molar-refractivity contribution in [3.63, 3.8) is 0 Å². The van der Waals surface area contributed by atoms with Gasteiger partial charge >= 0.3 is 0 Å². The summed E-state index contributed by atoms with van der Waals surface area (Å²) in [4.78, 5) is 19.7. The number of aromatic nitrogens is 2. The van der Waals surface area contributed by atoms with E-state index in [9.17, 15) is 4.79 Å². The van der Waals surface area contributed by atoms with Gasteiger partial charge in [-0.1, -0.05) is 19.8 Å². The van der Waals surface area contributed by atoms with E-state index in [2.05, 4.69) is 16.9 Å². The first kappa shape index (κ1) is 13.8. The molecule has 0 fully saturated rings. The molecule has 1 heterocycles. The summed E-state index contributed by atoms with van der Waals surface area (Å²) in [5.74, 6) is 0.641. The van der Waals surface area contributed by atoms with Crippen molar-refractivity contribution in [2.45, 2.75) is 39.0 Å². The number of nitrogens with two attached hydrogens (primary N) is 1. The average molecular weight is 235 g/mol. The Morgan fingerprint density at radius 2 is 2.18 bits per heavy atom. The van der Waals surface area contributed by atoms with Crippen molar-refractivity contribution in [1.82, 2.24) is 9.97 Å². The van der Waals surface area contributed by atoms with Gasteiger partial charge in [0.25, 0.3) is 0 Å². The van der Waals surface area contributed by atoms with Crippen molar-refractivity contribution >= 4 is 5.78 Å².